The number of amides is 1. The van der Waals surface area contributed by atoms with E-state index in [1.165, 1.54) is 29.8 Å². The van der Waals surface area contributed by atoms with Crippen molar-refractivity contribution in [1.82, 2.24) is 14.9 Å². The average molecular weight is 469 g/mol. The maximum absolute atomic E-state index is 12.6. The molecule has 0 fully saturated rings. The van der Waals surface area contributed by atoms with Gasteiger partial charge in [-0.2, -0.15) is 8.78 Å². The molecule has 2 aromatic heterocycles. The van der Waals surface area contributed by atoms with Crippen LogP contribution in [-0.4, -0.2) is 47.3 Å². The van der Waals surface area contributed by atoms with Crippen LogP contribution in [-0.2, 0) is 11.3 Å². The quantitative estimate of drug-likeness (QED) is 0.390. The van der Waals surface area contributed by atoms with Crippen LogP contribution in [0.4, 0.5) is 14.6 Å². The zero-order chi connectivity index (χ0) is 22.7. The molecule has 0 aliphatic carbocycles. The van der Waals surface area contributed by atoms with Crippen molar-refractivity contribution < 1.29 is 23.0 Å². The molecule has 0 unspecified atom stereocenters. The number of thiophene rings is 1. The smallest absolute Gasteiger partial charge is 0.387 e. The molecule has 0 aliphatic rings. The Kier molecular flexibility index (Phi) is 7.16. The van der Waals surface area contributed by atoms with Gasteiger partial charge in [-0.25, -0.2) is 9.97 Å². The Morgan fingerprint density at radius 1 is 1.29 bits per heavy atom. The van der Waals surface area contributed by atoms with Crippen molar-refractivity contribution in [3.63, 3.8) is 0 Å². The third kappa shape index (κ3) is 5.34. The minimum Gasteiger partial charge on any atom is -0.493 e. The molecule has 0 radical (unpaired) electrons. The number of ether oxygens (including phenoxy) is 2. The van der Waals surface area contributed by atoms with Gasteiger partial charge >= 0.3 is 6.61 Å². The number of nitrogens with two attached hydrogens (primary N) is 1. The molecule has 3 rings (SSSR count). The van der Waals surface area contributed by atoms with Gasteiger partial charge in [0.05, 0.1) is 18.2 Å². The number of nitrogens with zero attached hydrogens (tertiary/aromatic N) is 3. The van der Waals surface area contributed by atoms with Crippen LogP contribution in [0.5, 0.6) is 11.5 Å². The van der Waals surface area contributed by atoms with Crippen LogP contribution in [0.1, 0.15) is 16.0 Å². The van der Waals surface area contributed by atoms with Crippen LogP contribution in [0.2, 0.25) is 0 Å². The van der Waals surface area contributed by atoms with Crippen molar-refractivity contribution in [1.29, 1.82) is 0 Å². The van der Waals surface area contributed by atoms with E-state index >= 15 is 0 Å². The van der Waals surface area contributed by atoms with Gasteiger partial charge in [0.2, 0.25) is 5.91 Å². The van der Waals surface area contributed by atoms with Crippen molar-refractivity contribution in [2.75, 3.05) is 25.6 Å². The van der Waals surface area contributed by atoms with E-state index in [-0.39, 0.29) is 29.7 Å². The lowest BCUT2D eigenvalue weighted by Gasteiger charge is -2.18. The highest BCUT2D eigenvalue weighted by molar-refractivity contribution is 7.99. The van der Waals surface area contributed by atoms with Crippen molar-refractivity contribution in [2.24, 2.45) is 0 Å². The predicted molar refractivity (Wildman–Crippen MR) is 118 cm³/mol. The first kappa shape index (κ1) is 23.0. The normalized spacial score (nSPS) is 11.2. The van der Waals surface area contributed by atoms with Gasteiger partial charge in [-0.05, 0) is 37.1 Å². The van der Waals surface area contributed by atoms with E-state index < -0.39 is 6.61 Å². The second kappa shape index (κ2) is 9.65. The summed E-state index contributed by atoms with van der Waals surface area (Å²) in [7, 11) is 3.02. The number of fused-ring (bicyclic) bond motifs is 1. The number of nitrogen functional groups attached to an aromatic ring is 1. The first-order chi connectivity index (χ1) is 14.7. The Balaban J connectivity index is 1.64. The molecule has 7 nitrogen and oxygen atoms in total. The third-order valence-electron chi connectivity index (χ3n) is 4.65. The summed E-state index contributed by atoms with van der Waals surface area (Å²) in [5.41, 5.74) is 7.88. The van der Waals surface area contributed by atoms with E-state index in [1.54, 1.807) is 30.5 Å². The monoisotopic (exact) mass is 468 g/mol. The number of aryl methyl sites for hydroxylation is 2. The summed E-state index contributed by atoms with van der Waals surface area (Å²) < 4.78 is 34.4. The number of rotatable bonds is 8. The van der Waals surface area contributed by atoms with Gasteiger partial charge in [-0.1, -0.05) is 17.8 Å². The number of halogens is 2. The van der Waals surface area contributed by atoms with Crippen LogP contribution in [0.25, 0.3) is 10.2 Å². The fraction of sp³-hybridized carbons (Fsp3) is 0.350. The first-order valence-electron chi connectivity index (χ1n) is 9.21. The maximum atomic E-state index is 12.6. The van der Waals surface area contributed by atoms with E-state index in [2.05, 4.69) is 14.7 Å². The van der Waals surface area contributed by atoms with Gasteiger partial charge < -0.3 is 20.1 Å². The van der Waals surface area contributed by atoms with Crippen LogP contribution < -0.4 is 15.2 Å². The third-order valence-corrected chi connectivity index (χ3v) is 6.58. The number of hydrogen-bond donors (Lipinski definition) is 1. The molecule has 2 N–H and O–H groups in total. The second-order valence-electron chi connectivity index (χ2n) is 6.76. The lowest BCUT2D eigenvalue weighted by Crippen LogP contribution is -2.27. The number of hydrogen-bond acceptors (Lipinski definition) is 8. The molecule has 1 aromatic carbocycles. The lowest BCUT2D eigenvalue weighted by atomic mass is 10.2. The largest absolute Gasteiger partial charge is 0.493 e. The molecule has 31 heavy (non-hydrogen) atoms. The number of thioether (sulfide) groups is 1. The molecule has 11 heteroatoms. The van der Waals surface area contributed by atoms with Gasteiger partial charge in [-0.3, -0.25) is 4.79 Å². The Morgan fingerprint density at radius 2 is 2.03 bits per heavy atom. The van der Waals surface area contributed by atoms with Gasteiger partial charge in [0.1, 0.15) is 10.6 Å². The molecule has 0 saturated carbocycles. The fourth-order valence-electron chi connectivity index (χ4n) is 2.93. The summed E-state index contributed by atoms with van der Waals surface area (Å²) in [6.45, 7) is 1.32. The lowest BCUT2D eigenvalue weighted by molar-refractivity contribution is -0.127. The molecule has 0 aliphatic heterocycles. The minimum atomic E-state index is -2.95. The van der Waals surface area contributed by atoms with Crippen LogP contribution >= 0.6 is 23.1 Å². The summed E-state index contributed by atoms with van der Waals surface area (Å²) in [6.07, 6.45) is 0. The molecule has 2 heterocycles. The van der Waals surface area contributed by atoms with Crippen LogP contribution in [0.3, 0.4) is 0 Å². The molecule has 3 aromatic rings. The highest BCUT2D eigenvalue weighted by atomic mass is 32.2. The van der Waals surface area contributed by atoms with E-state index in [9.17, 15) is 13.6 Å². The number of anilines is 1. The Labute approximate surface area is 186 Å². The number of methoxy groups -OCH3 is 1. The summed E-state index contributed by atoms with van der Waals surface area (Å²) in [6, 6.07) is 4.56. The predicted octanol–water partition coefficient (Wildman–Crippen LogP) is 4.25. The molecule has 0 saturated heterocycles. The SMILES string of the molecule is COc1cc(CN(C)C(=O)CSc2nc(N)c3c(C)c(C)sc3n2)ccc1OC(F)F. The van der Waals surface area contributed by atoms with E-state index in [0.29, 0.717) is 16.5 Å². The molecule has 0 spiro atoms. The van der Waals surface area contributed by atoms with Crippen molar-refractivity contribution in [2.45, 2.75) is 32.2 Å². The molecule has 0 atom stereocenters. The zero-order valence-corrected chi connectivity index (χ0v) is 19.1. The van der Waals surface area contributed by atoms with E-state index in [4.69, 9.17) is 10.5 Å². The fourth-order valence-corrected chi connectivity index (χ4v) is 4.81. The number of alkyl halides is 2. The number of carbonyl (C=O) groups is 1. The summed E-state index contributed by atoms with van der Waals surface area (Å²) >= 11 is 2.76. The molecule has 1 amide bonds. The molecular formula is C20H22F2N4O3S2. The van der Waals surface area contributed by atoms with E-state index in [1.807, 2.05) is 13.8 Å². The Bertz CT molecular complexity index is 1110. The highest BCUT2D eigenvalue weighted by Crippen LogP contribution is 2.33. The summed E-state index contributed by atoms with van der Waals surface area (Å²) in [5, 5.41) is 1.31. The number of benzene rings is 1. The molecule has 166 valence electrons. The van der Waals surface area contributed by atoms with Crippen LogP contribution in [0.15, 0.2) is 23.4 Å². The second-order valence-corrected chi connectivity index (χ2v) is 8.90. The van der Waals surface area contributed by atoms with Gasteiger partial charge in [0.15, 0.2) is 16.7 Å². The van der Waals surface area contributed by atoms with Gasteiger partial charge in [0.25, 0.3) is 0 Å². The van der Waals surface area contributed by atoms with Gasteiger partial charge in [0, 0.05) is 18.5 Å². The topological polar surface area (TPSA) is 90.6 Å². The molecule has 0 bridgehead atoms. The Hall–Kier alpha value is -2.66. The minimum absolute atomic E-state index is 0.0602. The average Bonchev–Trinajstić information content (AvgIpc) is 3.00. The summed E-state index contributed by atoms with van der Waals surface area (Å²) in [5.74, 6) is 0.516. The highest BCUT2D eigenvalue weighted by Gasteiger charge is 2.17. The van der Waals surface area contributed by atoms with Crippen molar-refractivity contribution in [3.8, 4) is 11.5 Å². The Morgan fingerprint density at radius 3 is 2.71 bits per heavy atom. The first-order valence-corrected chi connectivity index (χ1v) is 11.0. The molecular weight excluding hydrogens is 446 g/mol. The number of carbonyl (C=O) groups excluding carboxylic acids is 1. The summed E-state index contributed by atoms with van der Waals surface area (Å²) in [4.78, 5) is 24.9. The van der Waals surface area contributed by atoms with Crippen molar-refractivity contribution >= 4 is 45.0 Å². The zero-order valence-electron chi connectivity index (χ0n) is 17.4. The van der Waals surface area contributed by atoms with E-state index in [0.717, 1.165) is 20.7 Å². The van der Waals surface area contributed by atoms with Crippen molar-refractivity contribution in [3.05, 3.63) is 34.2 Å². The standard InChI is InChI=1S/C20H22F2N4O3S2/c1-10-11(2)31-18-16(10)17(23)24-20(25-18)30-9-15(27)26(3)8-12-5-6-13(29-19(21)22)14(7-12)28-4/h5-7,19H,8-9H2,1-4H3,(H2,23,24,25). The van der Waals surface area contributed by atoms with Gasteiger partial charge in [-0.15, -0.1) is 11.3 Å². The maximum Gasteiger partial charge on any atom is 0.387 e. The number of aromatic nitrogens is 2. The van der Waals surface area contributed by atoms with Crippen LogP contribution in [0, 0.1) is 13.8 Å².